The molecule has 0 saturated heterocycles. The fourth-order valence-corrected chi connectivity index (χ4v) is 1.61. The first kappa shape index (κ1) is 12.9. The largest absolute Gasteiger partial charge is 0.493 e. The number of carboxylic acids is 1. The van der Waals surface area contributed by atoms with Crippen molar-refractivity contribution in [1.29, 1.82) is 0 Å². The number of aromatic carboxylic acids is 1. The lowest BCUT2D eigenvalue weighted by Crippen LogP contribution is -2.02. The van der Waals surface area contributed by atoms with E-state index in [1.54, 1.807) is 10.7 Å². The summed E-state index contributed by atoms with van der Waals surface area (Å²) in [6, 6.07) is 6.32. The van der Waals surface area contributed by atoms with Crippen molar-refractivity contribution in [2.75, 3.05) is 7.11 Å². The lowest BCUT2D eigenvalue weighted by atomic mass is 10.2. The first-order chi connectivity index (χ1) is 9.10. The number of carbonyl (C=O) groups is 1. The van der Waals surface area contributed by atoms with Crippen LogP contribution in [0.3, 0.4) is 0 Å². The van der Waals surface area contributed by atoms with E-state index in [-0.39, 0.29) is 5.56 Å². The summed E-state index contributed by atoms with van der Waals surface area (Å²) in [7, 11) is 3.29. The molecule has 0 atom stereocenters. The third kappa shape index (κ3) is 3.04. The summed E-state index contributed by atoms with van der Waals surface area (Å²) in [5, 5.41) is 13.1. The highest BCUT2D eigenvalue weighted by Crippen LogP contribution is 2.28. The van der Waals surface area contributed by atoms with Gasteiger partial charge in [0.05, 0.1) is 18.4 Å². The van der Waals surface area contributed by atoms with Gasteiger partial charge in [-0.1, -0.05) is 0 Å². The summed E-state index contributed by atoms with van der Waals surface area (Å²) in [4.78, 5) is 10.9. The van der Waals surface area contributed by atoms with Crippen molar-refractivity contribution in [3.05, 3.63) is 41.7 Å². The van der Waals surface area contributed by atoms with E-state index in [9.17, 15) is 4.79 Å². The van der Waals surface area contributed by atoms with Gasteiger partial charge in [-0.3, -0.25) is 4.68 Å². The Morgan fingerprint density at radius 1 is 1.37 bits per heavy atom. The van der Waals surface area contributed by atoms with Gasteiger partial charge >= 0.3 is 5.97 Å². The number of hydrogen-bond acceptors (Lipinski definition) is 4. The van der Waals surface area contributed by atoms with Crippen molar-refractivity contribution in [3.63, 3.8) is 0 Å². The minimum absolute atomic E-state index is 0.155. The molecule has 1 aromatic carbocycles. The molecule has 2 aromatic rings. The smallest absolute Gasteiger partial charge is 0.335 e. The quantitative estimate of drug-likeness (QED) is 0.887. The minimum Gasteiger partial charge on any atom is -0.493 e. The van der Waals surface area contributed by atoms with E-state index in [0.717, 1.165) is 5.69 Å². The Balaban J connectivity index is 2.13. The second-order valence-electron chi connectivity index (χ2n) is 3.94. The van der Waals surface area contributed by atoms with E-state index < -0.39 is 5.97 Å². The number of aryl methyl sites for hydroxylation is 1. The third-order valence-electron chi connectivity index (χ3n) is 2.55. The van der Waals surface area contributed by atoms with Crippen LogP contribution in [0, 0.1) is 0 Å². The molecule has 100 valence electrons. The SMILES string of the molecule is COc1cc(C(=O)O)ccc1OCc1ccn(C)n1. The molecule has 0 bridgehead atoms. The molecule has 1 N–H and O–H groups in total. The molecule has 0 unspecified atom stereocenters. The summed E-state index contributed by atoms with van der Waals surface area (Å²) >= 11 is 0. The van der Waals surface area contributed by atoms with E-state index in [2.05, 4.69) is 5.10 Å². The van der Waals surface area contributed by atoms with Crippen LogP contribution in [0.15, 0.2) is 30.5 Å². The van der Waals surface area contributed by atoms with Crippen LogP contribution in [0.5, 0.6) is 11.5 Å². The maximum Gasteiger partial charge on any atom is 0.335 e. The maximum absolute atomic E-state index is 10.9. The number of rotatable bonds is 5. The summed E-state index contributed by atoms with van der Waals surface area (Å²) in [5.41, 5.74) is 0.939. The molecule has 2 rings (SSSR count). The van der Waals surface area contributed by atoms with Gasteiger partial charge in [0, 0.05) is 13.2 Å². The average molecular weight is 262 g/mol. The number of ether oxygens (including phenoxy) is 2. The summed E-state index contributed by atoms with van der Waals surface area (Å²) in [5.74, 6) is -0.136. The van der Waals surface area contributed by atoms with Crippen LogP contribution in [0.2, 0.25) is 0 Å². The fraction of sp³-hybridized carbons (Fsp3) is 0.231. The second kappa shape index (κ2) is 5.43. The van der Waals surface area contributed by atoms with Gasteiger partial charge in [0.25, 0.3) is 0 Å². The molecule has 0 aliphatic carbocycles. The van der Waals surface area contributed by atoms with Gasteiger partial charge in [0.15, 0.2) is 11.5 Å². The van der Waals surface area contributed by atoms with Crippen LogP contribution in [-0.2, 0) is 13.7 Å². The highest BCUT2D eigenvalue weighted by molar-refractivity contribution is 5.88. The van der Waals surface area contributed by atoms with Crippen LogP contribution < -0.4 is 9.47 Å². The highest BCUT2D eigenvalue weighted by Gasteiger charge is 2.10. The fourth-order valence-electron chi connectivity index (χ4n) is 1.61. The van der Waals surface area contributed by atoms with Gasteiger partial charge in [0.1, 0.15) is 6.61 Å². The number of nitrogens with zero attached hydrogens (tertiary/aromatic N) is 2. The number of aromatic nitrogens is 2. The molecule has 0 saturated carbocycles. The monoisotopic (exact) mass is 262 g/mol. The number of hydrogen-bond donors (Lipinski definition) is 1. The molecule has 0 aliphatic rings. The Morgan fingerprint density at radius 2 is 2.16 bits per heavy atom. The standard InChI is InChI=1S/C13H14N2O4/c1-15-6-5-10(14-15)8-19-11-4-3-9(13(16)17)7-12(11)18-2/h3-7H,8H2,1-2H3,(H,16,17). The molecule has 0 radical (unpaired) electrons. The van der Waals surface area contributed by atoms with E-state index in [1.165, 1.54) is 19.2 Å². The molecule has 0 amide bonds. The number of carboxylic acid groups (broad SMARTS) is 1. The maximum atomic E-state index is 10.9. The summed E-state index contributed by atoms with van der Waals surface area (Å²) in [6.45, 7) is 0.295. The highest BCUT2D eigenvalue weighted by atomic mass is 16.5. The van der Waals surface area contributed by atoms with Crippen LogP contribution >= 0.6 is 0 Å². The Morgan fingerprint density at radius 3 is 2.74 bits per heavy atom. The molecule has 1 aromatic heterocycles. The van der Waals surface area contributed by atoms with Crippen molar-refractivity contribution < 1.29 is 19.4 Å². The van der Waals surface area contributed by atoms with E-state index in [4.69, 9.17) is 14.6 Å². The van der Waals surface area contributed by atoms with Crippen LogP contribution in [0.1, 0.15) is 16.1 Å². The van der Waals surface area contributed by atoms with Gasteiger partial charge in [-0.25, -0.2) is 4.79 Å². The molecule has 0 spiro atoms. The van der Waals surface area contributed by atoms with Crippen molar-refractivity contribution in [1.82, 2.24) is 9.78 Å². The molecule has 19 heavy (non-hydrogen) atoms. The van der Waals surface area contributed by atoms with Crippen molar-refractivity contribution in [3.8, 4) is 11.5 Å². The minimum atomic E-state index is -1.01. The van der Waals surface area contributed by atoms with Gasteiger partial charge in [-0.2, -0.15) is 5.10 Å². The molecule has 1 heterocycles. The van der Waals surface area contributed by atoms with Crippen LogP contribution in [-0.4, -0.2) is 28.0 Å². The molecular formula is C13H14N2O4. The molecular weight excluding hydrogens is 248 g/mol. The topological polar surface area (TPSA) is 73.6 Å². The van der Waals surface area contributed by atoms with Gasteiger partial charge in [-0.05, 0) is 24.3 Å². The van der Waals surface area contributed by atoms with Crippen molar-refractivity contribution in [2.24, 2.45) is 7.05 Å². The van der Waals surface area contributed by atoms with Crippen molar-refractivity contribution in [2.45, 2.75) is 6.61 Å². The van der Waals surface area contributed by atoms with Gasteiger partial charge in [0.2, 0.25) is 0 Å². The molecule has 0 fully saturated rings. The predicted molar refractivity (Wildman–Crippen MR) is 67.5 cm³/mol. The summed E-state index contributed by atoms with van der Waals surface area (Å²) < 4.78 is 12.4. The molecule has 6 nitrogen and oxygen atoms in total. The Kier molecular flexibility index (Phi) is 3.70. The third-order valence-corrected chi connectivity index (χ3v) is 2.55. The Bertz CT molecular complexity index is 592. The Labute approximate surface area is 110 Å². The van der Waals surface area contributed by atoms with E-state index >= 15 is 0 Å². The second-order valence-corrected chi connectivity index (χ2v) is 3.94. The first-order valence-electron chi connectivity index (χ1n) is 5.63. The zero-order chi connectivity index (χ0) is 13.8. The number of benzene rings is 1. The van der Waals surface area contributed by atoms with Crippen LogP contribution in [0.4, 0.5) is 0 Å². The lowest BCUT2D eigenvalue weighted by Gasteiger charge is -2.10. The van der Waals surface area contributed by atoms with Crippen molar-refractivity contribution >= 4 is 5.97 Å². The van der Waals surface area contributed by atoms with Gasteiger partial charge in [-0.15, -0.1) is 0 Å². The lowest BCUT2D eigenvalue weighted by molar-refractivity contribution is 0.0696. The number of methoxy groups -OCH3 is 1. The van der Waals surface area contributed by atoms with Gasteiger partial charge < -0.3 is 14.6 Å². The molecule has 6 heteroatoms. The zero-order valence-electron chi connectivity index (χ0n) is 10.7. The van der Waals surface area contributed by atoms with Crippen LogP contribution in [0.25, 0.3) is 0 Å². The zero-order valence-corrected chi connectivity index (χ0v) is 10.7. The normalized spacial score (nSPS) is 10.2. The Hall–Kier alpha value is -2.50. The van der Waals surface area contributed by atoms with E-state index in [1.807, 2.05) is 19.3 Å². The predicted octanol–water partition coefficient (Wildman–Crippen LogP) is 1.71. The average Bonchev–Trinajstić information content (AvgIpc) is 2.81. The van der Waals surface area contributed by atoms with E-state index in [0.29, 0.717) is 18.1 Å². The first-order valence-corrected chi connectivity index (χ1v) is 5.63. The molecule has 0 aliphatic heterocycles. The summed E-state index contributed by atoms with van der Waals surface area (Å²) in [6.07, 6.45) is 1.82.